The maximum atomic E-state index is 12.2. The second-order valence-corrected chi connectivity index (χ2v) is 2.57. The summed E-state index contributed by atoms with van der Waals surface area (Å²) in [6, 6.07) is 3.03. The number of nitrogens with zero attached hydrogens (tertiary/aromatic N) is 2. The summed E-state index contributed by atoms with van der Waals surface area (Å²) >= 11 is 0. The van der Waals surface area contributed by atoms with E-state index in [2.05, 4.69) is 4.98 Å². The van der Waals surface area contributed by atoms with Crippen molar-refractivity contribution in [2.45, 2.75) is 12.6 Å². The van der Waals surface area contributed by atoms with Gasteiger partial charge in [-0.25, -0.2) is 4.98 Å². The molecule has 14 heavy (non-hydrogen) atoms. The van der Waals surface area contributed by atoms with Crippen LogP contribution in [-0.2, 0) is 12.6 Å². The Morgan fingerprint density at radius 1 is 1.50 bits per heavy atom. The van der Waals surface area contributed by atoms with Crippen molar-refractivity contribution in [2.24, 2.45) is 0 Å². The molecular formula is C8H6F3N3. The molecule has 74 valence electrons. The van der Waals surface area contributed by atoms with Gasteiger partial charge in [-0.15, -0.1) is 0 Å². The number of halogens is 3. The Morgan fingerprint density at radius 2 is 2.14 bits per heavy atom. The van der Waals surface area contributed by atoms with Gasteiger partial charge in [-0.3, -0.25) is 0 Å². The van der Waals surface area contributed by atoms with Gasteiger partial charge in [0.15, 0.2) is 5.69 Å². The molecule has 0 saturated carbocycles. The summed E-state index contributed by atoms with van der Waals surface area (Å²) in [6.07, 6.45) is -3.74. The van der Waals surface area contributed by atoms with E-state index in [9.17, 15) is 13.2 Å². The maximum absolute atomic E-state index is 12.2. The van der Waals surface area contributed by atoms with Crippen LogP contribution in [0.2, 0.25) is 0 Å². The van der Waals surface area contributed by atoms with Crippen molar-refractivity contribution < 1.29 is 13.2 Å². The van der Waals surface area contributed by atoms with Crippen LogP contribution in [0.5, 0.6) is 0 Å². The van der Waals surface area contributed by atoms with Crippen LogP contribution in [0.4, 0.5) is 18.9 Å². The molecule has 0 spiro atoms. The average Bonchev–Trinajstić information content (AvgIpc) is 2.07. The van der Waals surface area contributed by atoms with Crippen LogP contribution in [0.15, 0.2) is 12.3 Å². The lowest BCUT2D eigenvalue weighted by Gasteiger charge is -2.10. The standard InChI is InChI=1S/C8H6F3N3/c9-8(10,11)7-6(13)5(1-3-12)2-4-14-7/h2,4H,1,13H2. The van der Waals surface area contributed by atoms with Gasteiger partial charge in [0.05, 0.1) is 18.2 Å². The third-order valence-electron chi connectivity index (χ3n) is 1.62. The summed E-state index contributed by atoms with van der Waals surface area (Å²) in [7, 11) is 0. The van der Waals surface area contributed by atoms with E-state index in [1.165, 1.54) is 6.07 Å². The van der Waals surface area contributed by atoms with Crippen molar-refractivity contribution in [3.05, 3.63) is 23.5 Å². The van der Waals surface area contributed by atoms with Crippen molar-refractivity contribution in [1.29, 1.82) is 5.26 Å². The second-order valence-electron chi connectivity index (χ2n) is 2.57. The third-order valence-corrected chi connectivity index (χ3v) is 1.62. The zero-order chi connectivity index (χ0) is 10.8. The van der Waals surface area contributed by atoms with E-state index in [1.807, 2.05) is 0 Å². The Hall–Kier alpha value is -1.77. The van der Waals surface area contributed by atoms with Crippen LogP contribution >= 0.6 is 0 Å². The molecule has 1 aromatic heterocycles. The van der Waals surface area contributed by atoms with E-state index < -0.39 is 17.6 Å². The highest BCUT2D eigenvalue weighted by atomic mass is 19.4. The second kappa shape index (κ2) is 3.54. The van der Waals surface area contributed by atoms with Crippen molar-refractivity contribution in [1.82, 2.24) is 4.98 Å². The maximum Gasteiger partial charge on any atom is 0.435 e. The summed E-state index contributed by atoms with van der Waals surface area (Å²) in [5.41, 5.74) is 3.77. The molecular weight excluding hydrogens is 195 g/mol. The zero-order valence-electron chi connectivity index (χ0n) is 6.97. The fourth-order valence-corrected chi connectivity index (χ4v) is 0.978. The minimum atomic E-state index is -4.57. The molecule has 0 radical (unpaired) electrons. The predicted molar refractivity (Wildman–Crippen MR) is 43.0 cm³/mol. The molecule has 6 heteroatoms. The fraction of sp³-hybridized carbons (Fsp3) is 0.250. The molecule has 0 aliphatic heterocycles. The van der Waals surface area contributed by atoms with Crippen LogP contribution in [-0.4, -0.2) is 4.98 Å². The Labute approximate surface area is 78.0 Å². The van der Waals surface area contributed by atoms with Crippen LogP contribution in [0.3, 0.4) is 0 Å². The van der Waals surface area contributed by atoms with Gasteiger partial charge in [0.1, 0.15) is 0 Å². The van der Waals surface area contributed by atoms with E-state index in [-0.39, 0.29) is 12.0 Å². The lowest BCUT2D eigenvalue weighted by Crippen LogP contribution is -2.13. The van der Waals surface area contributed by atoms with Gasteiger partial charge in [-0.2, -0.15) is 18.4 Å². The molecule has 0 unspecified atom stereocenters. The van der Waals surface area contributed by atoms with Crippen LogP contribution < -0.4 is 5.73 Å². The van der Waals surface area contributed by atoms with Gasteiger partial charge in [-0.1, -0.05) is 0 Å². The number of anilines is 1. The van der Waals surface area contributed by atoms with Gasteiger partial charge in [0.25, 0.3) is 0 Å². The highest BCUT2D eigenvalue weighted by molar-refractivity contribution is 5.52. The number of aromatic nitrogens is 1. The summed E-state index contributed by atoms with van der Waals surface area (Å²) < 4.78 is 36.7. The summed E-state index contributed by atoms with van der Waals surface area (Å²) in [6.45, 7) is 0. The van der Waals surface area contributed by atoms with Crippen molar-refractivity contribution in [3.63, 3.8) is 0 Å². The topological polar surface area (TPSA) is 62.7 Å². The van der Waals surface area contributed by atoms with E-state index in [4.69, 9.17) is 11.0 Å². The predicted octanol–water partition coefficient (Wildman–Crippen LogP) is 1.75. The molecule has 0 bridgehead atoms. The number of hydrogen-bond donors (Lipinski definition) is 1. The molecule has 0 fully saturated rings. The third kappa shape index (κ3) is 1.93. The van der Waals surface area contributed by atoms with Crippen LogP contribution in [0.25, 0.3) is 0 Å². The number of rotatable bonds is 1. The van der Waals surface area contributed by atoms with Crippen LogP contribution in [0.1, 0.15) is 11.3 Å². The lowest BCUT2D eigenvalue weighted by atomic mass is 10.1. The number of hydrogen-bond acceptors (Lipinski definition) is 3. The quantitative estimate of drug-likeness (QED) is 0.752. The Kier molecular flexibility index (Phi) is 2.60. The largest absolute Gasteiger partial charge is 0.435 e. The number of nitrogen functional groups attached to an aromatic ring is 1. The molecule has 0 aliphatic rings. The Morgan fingerprint density at radius 3 is 2.64 bits per heavy atom. The monoisotopic (exact) mass is 201 g/mol. The molecule has 2 N–H and O–H groups in total. The molecule has 0 aromatic carbocycles. The molecule has 0 aliphatic carbocycles. The lowest BCUT2D eigenvalue weighted by molar-refractivity contribution is -0.140. The molecule has 1 rings (SSSR count). The smallest absolute Gasteiger partial charge is 0.397 e. The van der Waals surface area contributed by atoms with E-state index in [1.54, 1.807) is 6.07 Å². The Balaban J connectivity index is 3.22. The SMILES string of the molecule is N#CCc1ccnc(C(F)(F)F)c1N. The number of pyridine rings is 1. The van der Waals surface area contributed by atoms with Crippen molar-refractivity contribution >= 4 is 5.69 Å². The average molecular weight is 201 g/mol. The summed E-state index contributed by atoms with van der Waals surface area (Å²) in [5.74, 6) is 0. The van der Waals surface area contributed by atoms with Gasteiger partial charge in [-0.05, 0) is 11.6 Å². The number of alkyl halides is 3. The zero-order valence-corrected chi connectivity index (χ0v) is 6.97. The molecule has 1 heterocycles. The van der Waals surface area contributed by atoms with E-state index >= 15 is 0 Å². The van der Waals surface area contributed by atoms with Gasteiger partial charge in [0, 0.05) is 6.20 Å². The number of nitrogens with two attached hydrogens (primary N) is 1. The van der Waals surface area contributed by atoms with Gasteiger partial charge in [0.2, 0.25) is 0 Å². The van der Waals surface area contributed by atoms with Crippen LogP contribution in [0, 0.1) is 11.3 Å². The van der Waals surface area contributed by atoms with Crippen molar-refractivity contribution in [3.8, 4) is 6.07 Å². The minimum Gasteiger partial charge on any atom is -0.397 e. The normalized spacial score (nSPS) is 11.0. The molecule has 0 saturated heterocycles. The Bertz CT molecular complexity index is 378. The van der Waals surface area contributed by atoms with E-state index in [0.29, 0.717) is 0 Å². The molecule has 3 nitrogen and oxygen atoms in total. The number of nitriles is 1. The van der Waals surface area contributed by atoms with Gasteiger partial charge >= 0.3 is 6.18 Å². The van der Waals surface area contributed by atoms with E-state index in [0.717, 1.165) is 6.20 Å². The first-order chi connectivity index (χ1) is 6.46. The first kappa shape index (κ1) is 10.3. The highest BCUT2D eigenvalue weighted by Gasteiger charge is 2.35. The highest BCUT2D eigenvalue weighted by Crippen LogP contribution is 2.32. The first-order valence-corrected chi connectivity index (χ1v) is 3.64. The van der Waals surface area contributed by atoms with Gasteiger partial charge < -0.3 is 5.73 Å². The molecule has 1 aromatic rings. The first-order valence-electron chi connectivity index (χ1n) is 3.64. The summed E-state index contributed by atoms with van der Waals surface area (Å²) in [5, 5.41) is 8.33. The molecule has 0 atom stereocenters. The molecule has 0 amide bonds. The fourth-order valence-electron chi connectivity index (χ4n) is 0.978. The van der Waals surface area contributed by atoms with Crippen molar-refractivity contribution in [2.75, 3.05) is 5.73 Å². The summed E-state index contributed by atoms with van der Waals surface area (Å²) in [4.78, 5) is 3.13. The minimum absolute atomic E-state index is 0.148.